The van der Waals surface area contributed by atoms with E-state index in [2.05, 4.69) is 11.1 Å². The van der Waals surface area contributed by atoms with Crippen LogP contribution in [0.25, 0.3) is 10.9 Å². The predicted molar refractivity (Wildman–Crippen MR) is 74.9 cm³/mol. The van der Waals surface area contributed by atoms with Crippen LogP contribution < -0.4 is 0 Å². The van der Waals surface area contributed by atoms with Crippen molar-refractivity contribution in [2.75, 3.05) is 13.1 Å². The van der Waals surface area contributed by atoms with Gasteiger partial charge in [-0.15, -0.1) is 0 Å². The van der Waals surface area contributed by atoms with Gasteiger partial charge in [0.05, 0.1) is 23.6 Å². The molecular weight excluding hydrogens is 238 g/mol. The molecule has 2 rings (SSSR count). The summed E-state index contributed by atoms with van der Waals surface area (Å²) in [7, 11) is 0. The number of fused-ring (bicyclic) bond motifs is 1. The maximum atomic E-state index is 12.4. The van der Waals surface area contributed by atoms with Crippen molar-refractivity contribution in [2.24, 2.45) is 0 Å². The number of aromatic nitrogens is 1. The zero-order valence-electron chi connectivity index (χ0n) is 11.2. The Labute approximate surface area is 112 Å². The van der Waals surface area contributed by atoms with Gasteiger partial charge in [-0.25, -0.2) is 0 Å². The van der Waals surface area contributed by atoms with Crippen LogP contribution in [0.1, 0.15) is 29.8 Å². The lowest BCUT2D eigenvalue weighted by atomic mass is 10.1. The van der Waals surface area contributed by atoms with Gasteiger partial charge in [-0.05, 0) is 25.5 Å². The smallest absolute Gasteiger partial charge is 0.255 e. The van der Waals surface area contributed by atoms with E-state index in [1.165, 1.54) is 0 Å². The van der Waals surface area contributed by atoms with Gasteiger partial charge < -0.3 is 9.88 Å². The van der Waals surface area contributed by atoms with Gasteiger partial charge in [-0.2, -0.15) is 5.26 Å². The van der Waals surface area contributed by atoms with E-state index in [0.29, 0.717) is 25.1 Å². The second-order valence-corrected chi connectivity index (χ2v) is 4.35. The van der Waals surface area contributed by atoms with E-state index >= 15 is 0 Å². The third-order valence-corrected chi connectivity index (χ3v) is 3.35. The molecule has 0 radical (unpaired) electrons. The molecule has 0 bridgehead atoms. The van der Waals surface area contributed by atoms with Gasteiger partial charge in [0.15, 0.2) is 0 Å². The minimum Gasteiger partial charge on any atom is -0.360 e. The number of nitrogens with one attached hydrogen (secondary N) is 1. The summed E-state index contributed by atoms with van der Waals surface area (Å²) in [6.07, 6.45) is 2.16. The normalized spacial score (nSPS) is 10.4. The number of hydrogen-bond donors (Lipinski definition) is 1. The van der Waals surface area contributed by atoms with Gasteiger partial charge >= 0.3 is 0 Å². The Hall–Kier alpha value is -2.28. The van der Waals surface area contributed by atoms with Crippen molar-refractivity contribution in [1.29, 1.82) is 5.26 Å². The zero-order valence-corrected chi connectivity index (χ0v) is 11.2. The number of H-pyrrole nitrogens is 1. The highest BCUT2D eigenvalue weighted by Crippen LogP contribution is 2.23. The molecule has 0 unspecified atom stereocenters. The number of nitrogens with zero attached hydrogens (tertiary/aromatic N) is 2. The molecule has 0 aliphatic rings. The summed E-state index contributed by atoms with van der Waals surface area (Å²) < 4.78 is 0. The van der Waals surface area contributed by atoms with Crippen LogP contribution in [0.3, 0.4) is 0 Å². The quantitative estimate of drug-likeness (QED) is 0.913. The molecule has 0 saturated heterocycles. The maximum Gasteiger partial charge on any atom is 0.255 e. The fraction of sp³-hybridized carbons (Fsp3) is 0.333. The number of benzene rings is 1. The van der Waals surface area contributed by atoms with Crippen LogP contribution in [0, 0.1) is 11.3 Å². The molecule has 0 fully saturated rings. The number of aromatic amines is 1. The molecule has 0 saturated carbocycles. The highest BCUT2D eigenvalue weighted by atomic mass is 16.2. The standard InChI is InChI=1S/C15H17N3O/c1-3-18(4-2)15(19)13-7-5-6-12-11(8-9-16)10-17-14(12)13/h5-7,10,17H,3-4,8H2,1-2H3. The van der Waals surface area contributed by atoms with E-state index in [9.17, 15) is 4.79 Å². The van der Waals surface area contributed by atoms with Crippen molar-refractivity contribution in [2.45, 2.75) is 20.3 Å². The van der Waals surface area contributed by atoms with Crippen LogP contribution in [0.5, 0.6) is 0 Å². The summed E-state index contributed by atoms with van der Waals surface area (Å²) in [5.41, 5.74) is 2.43. The molecule has 98 valence electrons. The van der Waals surface area contributed by atoms with Crippen molar-refractivity contribution in [1.82, 2.24) is 9.88 Å². The third kappa shape index (κ3) is 2.32. The van der Waals surface area contributed by atoms with Gasteiger partial charge in [0.25, 0.3) is 5.91 Å². The molecule has 4 nitrogen and oxygen atoms in total. The Morgan fingerprint density at radius 1 is 1.37 bits per heavy atom. The highest BCUT2D eigenvalue weighted by molar-refractivity contribution is 6.06. The molecule has 1 heterocycles. The maximum absolute atomic E-state index is 12.4. The minimum atomic E-state index is 0.0287. The third-order valence-electron chi connectivity index (χ3n) is 3.35. The van der Waals surface area contributed by atoms with Crippen LogP contribution in [0.2, 0.25) is 0 Å². The summed E-state index contributed by atoms with van der Waals surface area (Å²) >= 11 is 0. The van der Waals surface area contributed by atoms with Crippen LogP contribution in [0.15, 0.2) is 24.4 Å². The lowest BCUT2D eigenvalue weighted by Gasteiger charge is -2.18. The van der Waals surface area contributed by atoms with Gasteiger partial charge in [0.2, 0.25) is 0 Å². The molecule has 0 aliphatic carbocycles. The summed E-state index contributed by atoms with van der Waals surface area (Å²) in [6.45, 7) is 5.32. The lowest BCUT2D eigenvalue weighted by Crippen LogP contribution is -2.30. The summed E-state index contributed by atoms with van der Waals surface area (Å²) in [5.74, 6) is 0.0287. The molecule has 1 aromatic heterocycles. The average Bonchev–Trinajstić information content (AvgIpc) is 2.84. The van der Waals surface area contributed by atoms with Crippen molar-refractivity contribution < 1.29 is 4.79 Å². The highest BCUT2D eigenvalue weighted by Gasteiger charge is 2.17. The Balaban J connectivity index is 2.50. The molecule has 1 aromatic carbocycles. The van der Waals surface area contributed by atoms with Crippen LogP contribution in [-0.2, 0) is 6.42 Å². The number of nitriles is 1. The van der Waals surface area contributed by atoms with E-state index in [0.717, 1.165) is 16.5 Å². The number of amides is 1. The van der Waals surface area contributed by atoms with Crippen LogP contribution in [-0.4, -0.2) is 28.9 Å². The number of carbonyl (C=O) groups excluding carboxylic acids is 1. The van der Waals surface area contributed by atoms with Gasteiger partial charge in [0.1, 0.15) is 0 Å². The number of para-hydroxylation sites is 1. The first-order valence-electron chi connectivity index (χ1n) is 6.48. The molecule has 19 heavy (non-hydrogen) atoms. The average molecular weight is 255 g/mol. The summed E-state index contributed by atoms with van der Waals surface area (Å²) in [4.78, 5) is 17.3. The topological polar surface area (TPSA) is 59.9 Å². The minimum absolute atomic E-state index is 0.0287. The van der Waals surface area contributed by atoms with Crippen molar-refractivity contribution in [3.8, 4) is 6.07 Å². The van der Waals surface area contributed by atoms with Gasteiger partial charge in [-0.1, -0.05) is 12.1 Å². The van der Waals surface area contributed by atoms with Crippen molar-refractivity contribution in [3.05, 3.63) is 35.5 Å². The monoisotopic (exact) mass is 255 g/mol. The zero-order chi connectivity index (χ0) is 13.8. The Morgan fingerprint density at radius 2 is 2.11 bits per heavy atom. The Kier molecular flexibility index (Phi) is 3.86. The van der Waals surface area contributed by atoms with Crippen molar-refractivity contribution in [3.63, 3.8) is 0 Å². The van der Waals surface area contributed by atoms with Gasteiger partial charge in [0, 0.05) is 24.7 Å². The second kappa shape index (κ2) is 5.57. The van der Waals surface area contributed by atoms with Crippen LogP contribution >= 0.6 is 0 Å². The molecule has 2 aromatic rings. The van der Waals surface area contributed by atoms with E-state index in [4.69, 9.17) is 5.26 Å². The molecule has 4 heteroatoms. The fourth-order valence-corrected chi connectivity index (χ4v) is 2.30. The number of rotatable bonds is 4. The van der Waals surface area contributed by atoms with Crippen LogP contribution in [0.4, 0.5) is 0 Å². The number of carbonyl (C=O) groups is 1. The molecule has 0 atom stereocenters. The fourth-order valence-electron chi connectivity index (χ4n) is 2.30. The van der Waals surface area contributed by atoms with E-state index in [-0.39, 0.29) is 5.91 Å². The van der Waals surface area contributed by atoms with E-state index < -0.39 is 0 Å². The van der Waals surface area contributed by atoms with Crippen molar-refractivity contribution >= 4 is 16.8 Å². The van der Waals surface area contributed by atoms with E-state index in [1.807, 2.05) is 38.2 Å². The first-order valence-corrected chi connectivity index (χ1v) is 6.48. The predicted octanol–water partition coefficient (Wildman–Crippen LogP) is 2.72. The molecule has 1 N–H and O–H groups in total. The molecular formula is C15H17N3O. The molecule has 0 spiro atoms. The first kappa shape index (κ1) is 13.2. The summed E-state index contributed by atoms with van der Waals surface area (Å²) in [6, 6.07) is 7.78. The SMILES string of the molecule is CCN(CC)C(=O)c1cccc2c(CC#N)c[nH]c12. The number of hydrogen-bond acceptors (Lipinski definition) is 2. The lowest BCUT2D eigenvalue weighted by molar-refractivity contribution is 0.0775. The molecule has 0 aliphatic heterocycles. The largest absolute Gasteiger partial charge is 0.360 e. The summed E-state index contributed by atoms with van der Waals surface area (Å²) in [5, 5.41) is 9.76. The van der Waals surface area contributed by atoms with Gasteiger partial charge in [-0.3, -0.25) is 4.79 Å². The Bertz CT molecular complexity index is 632. The first-order chi connectivity index (χ1) is 9.22. The molecule has 1 amide bonds. The van der Waals surface area contributed by atoms with E-state index in [1.54, 1.807) is 4.90 Å². The Morgan fingerprint density at radius 3 is 2.74 bits per heavy atom. The second-order valence-electron chi connectivity index (χ2n) is 4.35.